The van der Waals surface area contributed by atoms with Crippen molar-refractivity contribution in [2.75, 3.05) is 19.0 Å². The summed E-state index contributed by atoms with van der Waals surface area (Å²) < 4.78 is 12.0. The number of hydrogen-bond donors (Lipinski definition) is 2. The number of nitrogens with zero attached hydrogens (tertiary/aromatic N) is 1. The molecule has 1 atom stereocenters. The van der Waals surface area contributed by atoms with Crippen molar-refractivity contribution in [3.05, 3.63) is 83.7 Å². The molecule has 6 nitrogen and oxygen atoms in total. The van der Waals surface area contributed by atoms with Crippen molar-refractivity contribution in [2.45, 2.75) is 51.0 Å². The lowest BCUT2D eigenvalue weighted by molar-refractivity contribution is 0.200. The van der Waals surface area contributed by atoms with Crippen LogP contribution in [0.5, 0.6) is 11.5 Å². The second-order valence-electron chi connectivity index (χ2n) is 8.65. The van der Waals surface area contributed by atoms with E-state index in [1.807, 2.05) is 37.5 Å². The van der Waals surface area contributed by atoms with Crippen LogP contribution in [0, 0.1) is 0 Å². The van der Waals surface area contributed by atoms with Gasteiger partial charge in [-0.1, -0.05) is 18.2 Å². The second-order valence-corrected chi connectivity index (χ2v) is 8.65. The van der Waals surface area contributed by atoms with E-state index >= 15 is 0 Å². The monoisotopic (exact) mass is 459 g/mol. The van der Waals surface area contributed by atoms with Gasteiger partial charge in [-0.2, -0.15) is 0 Å². The SMILES string of the molecule is CCNC(=O)Nc1ccc(C(Cc2ccncc2)c2ccc(OC)c(OC3CCCC3)c2)cc1. The quantitative estimate of drug-likeness (QED) is 0.416. The molecule has 2 N–H and O–H groups in total. The van der Waals surface area contributed by atoms with Crippen LogP contribution in [0.4, 0.5) is 10.5 Å². The van der Waals surface area contributed by atoms with Gasteiger partial charge in [-0.05, 0) is 92.1 Å². The van der Waals surface area contributed by atoms with Gasteiger partial charge in [0.1, 0.15) is 0 Å². The molecule has 1 aliphatic rings. The molecule has 34 heavy (non-hydrogen) atoms. The Morgan fingerprint density at radius 3 is 2.38 bits per heavy atom. The number of hydrogen-bond acceptors (Lipinski definition) is 4. The first kappa shape index (κ1) is 23.6. The van der Waals surface area contributed by atoms with Crippen molar-refractivity contribution < 1.29 is 14.3 Å². The molecule has 6 heteroatoms. The number of amides is 2. The number of methoxy groups -OCH3 is 1. The molecule has 0 bridgehead atoms. The van der Waals surface area contributed by atoms with Crippen LogP contribution >= 0.6 is 0 Å². The predicted molar refractivity (Wildman–Crippen MR) is 135 cm³/mol. The molecule has 4 rings (SSSR count). The third kappa shape index (κ3) is 6.07. The number of rotatable bonds is 9. The van der Waals surface area contributed by atoms with E-state index in [0.717, 1.165) is 47.6 Å². The zero-order valence-corrected chi connectivity index (χ0v) is 19.9. The highest BCUT2D eigenvalue weighted by Gasteiger charge is 2.21. The predicted octanol–water partition coefficient (Wildman–Crippen LogP) is 5.93. The van der Waals surface area contributed by atoms with Crippen LogP contribution in [0.2, 0.25) is 0 Å². The van der Waals surface area contributed by atoms with E-state index in [9.17, 15) is 4.79 Å². The van der Waals surface area contributed by atoms with Crippen molar-refractivity contribution in [3.63, 3.8) is 0 Å². The maximum absolute atomic E-state index is 11.9. The Hall–Kier alpha value is -3.54. The summed E-state index contributed by atoms with van der Waals surface area (Å²) in [6, 6.07) is 18.2. The largest absolute Gasteiger partial charge is 0.493 e. The first-order valence-electron chi connectivity index (χ1n) is 12.0. The molecule has 1 fully saturated rings. The Labute approximate surface area is 201 Å². The number of benzene rings is 2. The van der Waals surface area contributed by atoms with Crippen LogP contribution in [-0.4, -0.2) is 30.8 Å². The lowest BCUT2D eigenvalue weighted by Gasteiger charge is -2.22. The third-order valence-electron chi connectivity index (χ3n) is 6.28. The minimum atomic E-state index is -0.201. The van der Waals surface area contributed by atoms with Gasteiger partial charge in [-0.15, -0.1) is 0 Å². The number of carbonyl (C=O) groups is 1. The summed E-state index contributed by atoms with van der Waals surface area (Å²) in [5.41, 5.74) is 4.29. The van der Waals surface area contributed by atoms with E-state index in [1.54, 1.807) is 7.11 Å². The highest BCUT2D eigenvalue weighted by Crippen LogP contribution is 2.37. The maximum Gasteiger partial charge on any atom is 0.319 e. The van der Waals surface area contributed by atoms with E-state index in [4.69, 9.17) is 9.47 Å². The van der Waals surface area contributed by atoms with Gasteiger partial charge in [0, 0.05) is 30.5 Å². The number of carbonyl (C=O) groups excluding carboxylic acids is 1. The minimum absolute atomic E-state index is 0.109. The molecule has 1 saturated carbocycles. The summed E-state index contributed by atoms with van der Waals surface area (Å²) in [6.07, 6.45) is 9.34. The molecule has 1 unspecified atom stereocenters. The maximum atomic E-state index is 11.9. The number of nitrogens with one attached hydrogen (secondary N) is 2. The summed E-state index contributed by atoms with van der Waals surface area (Å²) in [5.74, 6) is 1.68. The fraction of sp³-hybridized carbons (Fsp3) is 0.357. The van der Waals surface area contributed by atoms with Crippen LogP contribution in [-0.2, 0) is 6.42 Å². The average Bonchev–Trinajstić information content (AvgIpc) is 3.37. The first-order chi connectivity index (χ1) is 16.7. The van der Waals surface area contributed by atoms with Crippen molar-refractivity contribution in [3.8, 4) is 11.5 Å². The smallest absolute Gasteiger partial charge is 0.319 e. The minimum Gasteiger partial charge on any atom is -0.493 e. The van der Waals surface area contributed by atoms with E-state index in [-0.39, 0.29) is 18.1 Å². The van der Waals surface area contributed by atoms with Crippen LogP contribution in [0.3, 0.4) is 0 Å². The molecule has 2 amide bonds. The standard InChI is InChI=1S/C28H33N3O3/c1-3-30-28(32)31-23-11-8-21(9-12-23)25(18-20-14-16-29-17-15-20)22-10-13-26(33-2)27(19-22)34-24-6-4-5-7-24/h8-17,19,24-25H,3-7,18H2,1-2H3,(H2,30,31,32). The number of anilines is 1. The molecular weight excluding hydrogens is 426 g/mol. The summed E-state index contributed by atoms with van der Waals surface area (Å²) in [4.78, 5) is 16.0. The summed E-state index contributed by atoms with van der Waals surface area (Å²) in [5, 5.41) is 5.62. The zero-order chi connectivity index (χ0) is 23.8. The fourth-order valence-electron chi connectivity index (χ4n) is 4.51. The summed E-state index contributed by atoms with van der Waals surface area (Å²) in [6.45, 7) is 2.48. The van der Waals surface area contributed by atoms with Gasteiger partial charge >= 0.3 is 6.03 Å². The Morgan fingerprint density at radius 1 is 1.00 bits per heavy atom. The van der Waals surface area contributed by atoms with E-state index in [1.165, 1.54) is 18.4 Å². The topological polar surface area (TPSA) is 72.5 Å². The van der Waals surface area contributed by atoms with Gasteiger partial charge in [0.2, 0.25) is 0 Å². The number of ether oxygens (including phenoxy) is 2. The normalized spacial score (nSPS) is 14.4. The van der Waals surface area contributed by atoms with Crippen molar-refractivity contribution in [1.29, 1.82) is 0 Å². The fourth-order valence-corrected chi connectivity index (χ4v) is 4.51. The third-order valence-corrected chi connectivity index (χ3v) is 6.28. The Balaban J connectivity index is 1.64. The molecule has 1 heterocycles. The number of aromatic nitrogens is 1. The van der Waals surface area contributed by atoms with Gasteiger partial charge in [0.05, 0.1) is 13.2 Å². The first-order valence-corrected chi connectivity index (χ1v) is 12.0. The van der Waals surface area contributed by atoms with Gasteiger partial charge in [0.15, 0.2) is 11.5 Å². The lowest BCUT2D eigenvalue weighted by atomic mass is 9.86. The summed E-state index contributed by atoms with van der Waals surface area (Å²) >= 11 is 0. The van der Waals surface area contributed by atoms with Crippen LogP contribution in [0.15, 0.2) is 67.0 Å². The van der Waals surface area contributed by atoms with Crippen molar-refractivity contribution in [1.82, 2.24) is 10.3 Å². The Morgan fingerprint density at radius 2 is 1.71 bits per heavy atom. The van der Waals surface area contributed by atoms with Crippen molar-refractivity contribution in [2.24, 2.45) is 0 Å². The van der Waals surface area contributed by atoms with Crippen LogP contribution in [0.1, 0.15) is 55.2 Å². The van der Waals surface area contributed by atoms with E-state index in [0.29, 0.717) is 6.54 Å². The molecule has 1 aliphatic carbocycles. The molecule has 0 aliphatic heterocycles. The highest BCUT2D eigenvalue weighted by atomic mass is 16.5. The van der Waals surface area contributed by atoms with Crippen LogP contribution in [0.25, 0.3) is 0 Å². The van der Waals surface area contributed by atoms with Gasteiger partial charge in [0.25, 0.3) is 0 Å². The summed E-state index contributed by atoms with van der Waals surface area (Å²) in [7, 11) is 1.69. The second kappa shape index (κ2) is 11.5. The number of pyridine rings is 1. The lowest BCUT2D eigenvalue weighted by Crippen LogP contribution is -2.28. The molecule has 0 radical (unpaired) electrons. The Bertz CT molecular complexity index is 1060. The van der Waals surface area contributed by atoms with Crippen molar-refractivity contribution >= 4 is 11.7 Å². The molecular formula is C28H33N3O3. The van der Waals surface area contributed by atoms with E-state index < -0.39 is 0 Å². The van der Waals surface area contributed by atoms with Gasteiger partial charge in [-0.3, -0.25) is 4.98 Å². The molecule has 178 valence electrons. The molecule has 0 saturated heterocycles. The molecule has 1 aromatic heterocycles. The zero-order valence-electron chi connectivity index (χ0n) is 19.9. The Kier molecular flexibility index (Phi) is 8.02. The average molecular weight is 460 g/mol. The van der Waals surface area contributed by atoms with Gasteiger partial charge in [-0.25, -0.2) is 4.79 Å². The van der Waals surface area contributed by atoms with Gasteiger partial charge < -0.3 is 20.1 Å². The molecule has 2 aromatic carbocycles. The van der Waals surface area contributed by atoms with Crippen LogP contribution < -0.4 is 20.1 Å². The highest BCUT2D eigenvalue weighted by molar-refractivity contribution is 5.89. The molecule has 3 aromatic rings. The van der Waals surface area contributed by atoms with E-state index in [2.05, 4.69) is 52.0 Å². The molecule has 0 spiro atoms. The number of urea groups is 1.